The van der Waals surface area contributed by atoms with Crippen LogP contribution in [0.25, 0.3) is 0 Å². The first-order valence-corrected chi connectivity index (χ1v) is 6.29. The minimum atomic E-state index is -0.581. The molecule has 0 aliphatic rings. The van der Waals surface area contributed by atoms with Gasteiger partial charge in [-0.15, -0.1) is 0 Å². The molecule has 0 aromatic heterocycles. The summed E-state index contributed by atoms with van der Waals surface area (Å²) in [4.78, 5) is 0. The van der Waals surface area contributed by atoms with Crippen LogP contribution in [0.5, 0.6) is 0 Å². The van der Waals surface area contributed by atoms with Crippen molar-refractivity contribution in [3.8, 4) is 0 Å². The predicted molar refractivity (Wildman–Crippen MR) is 73.4 cm³/mol. The van der Waals surface area contributed by atoms with Gasteiger partial charge in [-0.3, -0.25) is 0 Å². The van der Waals surface area contributed by atoms with E-state index in [1.807, 2.05) is 18.2 Å². The maximum Gasteiger partial charge on any atom is 0.131 e. The fraction of sp³-hybridized carbons (Fsp3) is 0.200. The average Bonchev–Trinajstić information content (AvgIpc) is 2.38. The van der Waals surface area contributed by atoms with Gasteiger partial charge < -0.3 is 5.32 Å². The summed E-state index contributed by atoms with van der Waals surface area (Å²) in [5.41, 5.74) is 1.55. The zero-order valence-electron chi connectivity index (χ0n) is 10.7. The van der Waals surface area contributed by atoms with Crippen LogP contribution in [0.3, 0.4) is 0 Å². The van der Waals surface area contributed by atoms with Crippen molar-refractivity contribution in [1.82, 2.24) is 5.32 Å². The lowest BCUT2D eigenvalue weighted by atomic mass is 9.96. The van der Waals surface area contributed by atoms with Crippen LogP contribution in [0.2, 0.25) is 5.02 Å². The molecule has 100 valence electrons. The van der Waals surface area contributed by atoms with Gasteiger partial charge in [0.15, 0.2) is 0 Å². The van der Waals surface area contributed by atoms with Crippen LogP contribution in [0.15, 0.2) is 36.4 Å². The van der Waals surface area contributed by atoms with Crippen molar-refractivity contribution >= 4 is 11.6 Å². The van der Waals surface area contributed by atoms with Crippen molar-refractivity contribution in [2.45, 2.75) is 13.0 Å². The van der Waals surface area contributed by atoms with Gasteiger partial charge in [0.05, 0.1) is 6.04 Å². The first-order valence-electron chi connectivity index (χ1n) is 5.92. The molecule has 0 aliphatic carbocycles. The molecule has 2 rings (SSSR count). The van der Waals surface area contributed by atoms with E-state index < -0.39 is 17.7 Å². The number of hydrogen-bond acceptors (Lipinski definition) is 1. The molecule has 2 aromatic rings. The zero-order chi connectivity index (χ0) is 14.0. The second-order valence-electron chi connectivity index (χ2n) is 4.37. The molecule has 1 N–H and O–H groups in total. The van der Waals surface area contributed by atoms with Crippen LogP contribution in [0.1, 0.15) is 22.7 Å². The molecule has 4 heteroatoms. The van der Waals surface area contributed by atoms with Gasteiger partial charge in [0, 0.05) is 16.7 Å². The van der Waals surface area contributed by atoms with Crippen LogP contribution in [-0.2, 0) is 0 Å². The maximum absolute atomic E-state index is 14.0. The van der Waals surface area contributed by atoms with Gasteiger partial charge in [0.2, 0.25) is 0 Å². The molecule has 0 aliphatic heterocycles. The Morgan fingerprint density at radius 1 is 1.05 bits per heavy atom. The second-order valence-corrected chi connectivity index (χ2v) is 4.77. The average molecular weight is 282 g/mol. The lowest BCUT2D eigenvalue weighted by Crippen LogP contribution is -2.19. The molecule has 2 aromatic carbocycles. The summed E-state index contributed by atoms with van der Waals surface area (Å²) in [5, 5.41) is 3.56. The largest absolute Gasteiger partial charge is 0.309 e. The first-order chi connectivity index (χ1) is 9.04. The van der Waals surface area contributed by atoms with Crippen LogP contribution in [-0.4, -0.2) is 7.05 Å². The van der Waals surface area contributed by atoms with Crippen LogP contribution < -0.4 is 5.32 Å². The van der Waals surface area contributed by atoms with Crippen LogP contribution in [0.4, 0.5) is 8.78 Å². The van der Waals surface area contributed by atoms with Crippen LogP contribution >= 0.6 is 11.6 Å². The number of rotatable bonds is 3. The highest BCUT2D eigenvalue weighted by Gasteiger charge is 2.19. The molecule has 0 spiro atoms. The van der Waals surface area contributed by atoms with Crippen molar-refractivity contribution in [2.24, 2.45) is 0 Å². The van der Waals surface area contributed by atoms with Gasteiger partial charge >= 0.3 is 0 Å². The number of aryl methyl sites for hydroxylation is 1. The Labute approximate surface area is 116 Å². The quantitative estimate of drug-likeness (QED) is 0.887. The molecule has 1 nitrogen and oxygen atoms in total. The normalized spacial score (nSPS) is 12.5. The van der Waals surface area contributed by atoms with E-state index in [4.69, 9.17) is 11.6 Å². The topological polar surface area (TPSA) is 12.0 Å². The fourth-order valence-electron chi connectivity index (χ4n) is 2.09. The lowest BCUT2D eigenvalue weighted by molar-refractivity contribution is 0.547. The van der Waals surface area contributed by atoms with Gasteiger partial charge in [-0.1, -0.05) is 29.8 Å². The van der Waals surface area contributed by atoms with E-state index >= 15 is 0 Å². The highest BCUT2D eigenvalue weighted by molar-refractivity contribution is 6.31. The lowest BCUT2D eigenvalue weighted by Gasteiger charge is -2.19. The highest BCUT2D eigenvalue weighted by Crippen LogP contribution is 2.30. The van der Waals surface area contributed by atoms with E-state index in [1.165, 1.54) is 6.07 Å². The Morgan fingerprint density at radius 2 is 1.74 bits per heavy atom. The molecule has 0 radical (unpaired) electrons. The summed E-state index contributed by atoms with van der Waals surface area (Å²) in [5.74, 6) is -1.13. The van der Waals surface area contributed by atoms with E-state index in [1.54, 1.807) is 20.0 Å². The molecule has 0 bridgehead atoms. The summed E-state index contributed by atoms with van der Waals surface area (Å²) >= 11 is 6.13. The van der Waals surface area contributed by atoms with Crippen molar-refractivity contribution in [3.63, 3.8) is 0 Å². The summed E-state index contributed by atoms with van der Waals surface area (Å²) in [7, 11) is 1.71. The minimum Gasteiger partial charge on any atom is -0.309 e. The van der Waals surface area contributed by atoms with E-state index in [0.29, 0.717) is 16.1 Å². The number of nitrogens with one attached hydrogen (secondary N) is 1. The van der Waals surface area contributed by atoms with E-state index in [-0.39, 0.29) is 0 Å². The Morgan fingerprint density at radius 3 is 2.37 bits per heavy atom. The van der Waals surface area contributed by atoms with E-state index in [0.717, 1.165) is 11.6 Å². The Bertz CT molecular complexity index is 599. The van der Waals surface area contributed by atoms with E-state index in [9.17, 15) is 8.78 Å². The Hall–Kier alpha value is -1.45. The second kappa shape index (κ2) is 5.68. The molecule has 0 amide bonds. The van der Waals surface area contributed by atoms with Gasteiger partial charge in [-0.05, 0) is 37.2 Å². The summed E-state index contributed by atoms with van der Waals surface area (Å²) < 4.78 is 27.3. The fourth-order valence-corrected chi connectivity index (χ4v) is 2.33. The molecule has 1 atom stereocenters. The monoisotopic (exact) mass is 281 g/mol. The zero-order valence-corrected chi connectivity index (χ0v) is 11.4. The number of halogens is 3. The third-order valence-electron chi connectivity index (χ3n) is 3.09. The van der Waals surface area contributed by atoms with Gasteiger partial charge in [0.25, 0.3) is 0 Å². The third-order valence-corrected chi connectivity index (χ3v) is 3.44. The standard InChI is InChI=1S/C15H14ClF2N/c1-9-7-11(14(18)8-13(9)17)15(19-2)10-5-3-4-6-12(10)16/h3-8,15,19H,1-2H3. The minimum absolute atomic E-state index is 0.384. The van der Waals surface area contributed by atoms with Gasteiger partial charge in [-0.2, -0.15) is 0 Å². The smallest absolute Gasteiger partial charge is 0.131 e. The molecule has 0 saturated carbocycles. The number of benzene rings is 2. The van der Waals surface area contributed by atoms with Crippen LogP contribution in [0, 0.1) is 18.6 Å². The summed E-state index contributed by atoms with van der Waals surface area (Å²) in [6.07, 6.45) is 0. The van der Waals surface area contributed by atoms with Crippen molar-refractivity contribution < 1.29 is 8.78 Å². The Kier molecular flexibility index (Phi) is 4.17. The molecular formula is C15H14ClF2N. The van der Waals surface area contributed by atoms with Gasteiger partial charge in [-0.25, -0.2) is 8.78 Å². The maximum atomic E-state index is 14.0. The third kappa shape index (κ3) is 2.77. The molecule has 0 saturated heterocycles. The van der Waals surface area contributed by atoms with Crippen molar-refractivity contribution in [3.05, 3.63) is 69.7 Å². The SMILES string of the molecule is CNC(c1cc(C)c(F)cc1F)c1ccccc1Cl. The predicted octanol–water partition coefficient (Wildman–Crippen LogP) is 4.24. The first kappa shape index (κ1) is 14.0. The summed E-state index contributed by atoms with van der Waals surface area (Å²) in [6, 6.07) is 9.22. The van der Waals surface area contributed by atoms with Gasteiger partial charge in [0.1, 0.15) is 11.6 Å². The van der Waals surface area contributed by atoms with Crippen molar-refractivity contribution in [2.75, 3.05) is 7.05 Å². The highest BCUT2D eigenvalue weighted by atomic mass is 35.5. The Balaban J connectivity index is 2.55. The molecule has 19 heavy (non-hydrogen) atoms. The summed E-state index contributed by atoms with van der Waals surface area (Å²) in [6.45, 7) is 1.61. The molecule has 0 heterocycles. The number of hydrogen-bond donors (Lipinski definition) is 1. The molecule has 1 unspecified atom stereocenters. The molecule has 0 fully saturated rings. The molecular weight excluding hydrogens is 268 g/mol. The van der Waals surface area contributed by atoms with Crippen molar-refractivity contribution in [1.29, 1.82) is 0 Å². The van der Waals surface area contributed by atoms with E-state index in [2.05, 4.69) is 5.32 Å².